The molecule has 1 aromatic carbocycles. The summed E-state index contributed by atoms with van der Waals surface area (Å²) in [5.74, 6) is -0.00632. The third-order valence-electron chi connectivity index (χ3n) is 3.86. The molecule has 1 aliphatic heterocycles. The number of carbonyl (C=O) groups is 1. The molecule has 1 amide bonds. The lowest BCUT2D eigenvalue weighted by Gasteiger charge is -2.13. The first kappa shape index (κ1) is 22.2. The highest BCUT2D eigenvalue weighted by Crippen LogP contribution is 2.30. The van der Waals surface area contributed by atoms with Gasteiger partial charge in [-0.25, -0.2) is 4.98 Å². The lowest BCUT2D eigenvalue weighted by molar-refractivity contribution is -0.120. The van der Waals surface area contributed by atoms with Gasteiger partial charge in [-0.1, -0.05) is 29.8 Å². The van der Waals surface area contributed by atoms with Crippen molar-refractivity contribution in [3.05, 3.63) is 40.4 Å². The number of hydrogen-bond acceptors (Lipinski definition) is 5. The van der Waals surface area contributed by atoms with Crippen molar-refractivity contribution in [3.63, 3.8) is 0 Å². The van der Waals surface area contributed by atoms with Crippen LogP contribution in [0.1, 0.15) is 5.69 Å². The summed E-state index contributed by atoms with van der Waals surface area (Å²) < 4.78 is 0. The Morgan fingerprint density at radius 3 is 2.80 bits per heavy atom. The summed E-state index contributed by atoms with van der Waals surface area (Å²) in [5.41, 5.74) is 1.61. The molecule has 2 unspecified atom stereocenters. The summed E-state index contributed by atoms with van der Waals surface area (Å²) in [7, 11) is 0. The number of aliphatic hydroxyl groups is 1. The number of rotatable bonds is 5. The largest absolute Gasteiger partial charge is 0.391 e. The standard InChI is InChI=1S/C16H18ClN3O2S.2ClH/c17-13-4-2-1-3-12(13)16-20-11(9-23-16)5-15(22)19-7-10-6-18-8-14(10)21;;/h1-4,9-10,14,18,21H,5-8H2,(H,19,22);2*1H. The smallest absolute Gasteiger partial charge is 0.226 e. The van der Waals surface area contributed by atoms with Crippen molar-refractivity contribution in [1.82, 2.24) is 15.6 Å². The lowest BCUT2D eigenvalue weighted by atomic mass is 10.1. The molecule has 2 aromatic rings. The number of thiazole rings is 1. The molecule has 138 valence electrons. The fraction of sp³-hybridized carbons (Fsp3) is 0.375. The van der Waals surface area contributed by atoms with Crippen molar-refractivity contribution in [2.24, 2.45) is 5.92 Å². The highest BCUT2D eigenvalue weighted by atomic mass is 35.5. The second-order valence-corrected chi connectivity index (χ2v) is 6.86. The number of amides is 1. The molecule has 0 aliphatic carbocycles. The molecule has 2 atom stereocenters. The summed E-state index contributed by atoms with van der Waals surface area (Å²) in [6.45, 7) is 1.80. The van der Waals surface area contributed by atoms with Gasteiger partial charge in [-0.15, -0.1) is 36.2 Å². The molecule has 5 nitrogen and oxygen atoms in total. The van der Waals surface area contributed by atoms with E-state index in [0.717, 1.165) is 22.8 Å². The van der Waals surface area contributed by atoms with Crippen LogP contribution < -0.4 is 10.6 Å². The lowest BCUT2D eigenvalue weighted by Crippen LogP contribution is -2.35. The van der Waals surface area contributed by atoms with Gasteiger partial charge in [0.2, 0.25) is 5.91 Å². The van der Waals surface area contributed by atoms with Crippen LogP contribution >= 0.6 is 47.8 Å². The Labute approximate surface area is 168 Å². The van der Waals surface area contributed by atoms with Gasteiger partial charge in [-0.2, -0.15) is 0 Å². The Balaban J connectivity index is 0.00000156. The number of aromatic nitrogens is 1. The molecule has 25 heavy (non-hydrogen) atoms. The Morgan fingerprint density at radius 1 is 1.36 bits per heavy atom. The van der Waals surface area contributed by atoms with Gasteiger partial charge in [0.05, 0.1) is 23.2 Å². The van der Waals surface area contributed by atoms with E-state index in [4.69, 9.17) is 11.6 Å². The molecule has 1 fully saturated rings. The minimum absolute atomic E-state index is 0. The maximum atomic E-state index is 12.0. The third kappa shape index (κ3) is 5.81. The molecule has 9 heteroatoms. The normalized spacial score (nSPS) is 19.0. The van der Waals surface area contributed by atoms with Crippen molar-refractivity contribution in [2.45, 2.75) is 12.5 Å². The van der Waals surface area contributed by atoms with Crippen molar-refractivity contribution in [2.75, 3.05) is 19.6 Å². The molecule has 0 bridgehead atoms. The number of nitrogens with one attached hydrogen (secondary N) is 2. The summed E-state index contributed by atoms with van der Waals surface area (Å²) in [6, 6.07) is 7.53. The van der Waals surface area contributed by atoms with E-state index in [1.807, 2.05) is 29.6 Å². The predicted molar refractivity (Wildman–Crippen MR) is 106 cm³/mol. The summed E-state index contributed by atoms with van der Waals surface area (Å²) in [6.07, 6.45) is -0.154. The molecule has 1 aromatic heterocycles. The minimum Gasteiger partial charge on any atom is -0.391 e. The topological polar surface area (TPSA) is 74.2 Å². The van der Waals surface area contributed by atoms with Crippen LogP contribution in [0, 0.1) is 5.92 Å². The van der Waals surface area contributed by atoms with Gasteiger partial charge < -0.3 is 15.7 Å². The number of nitrogens with zero attached hydrogens (tertiary/aromatic N) is 1. The van der Waals surface area contributed by atoms with Crippen LogP contribution in [-0.2, 0) is 11.2 Å². The van der Waals surface area contributed by atoms with Gasteiger partial charge in [0, 0.05) is 36.5 Å². The van der Waals surface area contributed by atoms with Gasteiger partial charge in [0.15, 0.2) is 0 Å². The first-order chi connectivity index (χ1) is 11.1. The summed E-state index contributed by atoms with van der Waals surface area (Å²) in [4.78, 5) is 16.5. The van der Waals surface area contributed by atoms with Crippen LogP contribution in [0.25, 0.3) is 10.6 Å². The number of aliphatic hydroxyl groups excluding tert-OH is 1. The fourth-order valence-corrected chi connectivity index (χ4v) is 3.69. The molecular weight excluding hydrogens is 405 g/mol. The molecular formula is C16H20Cl3N3O2S. The van der Waals surface area contributed by atoms with Crippen LogP contribution in [0.15, 0.2) is 29.6 Å². The molecule has 0 saturated carbocycles. The van der Waals surface area contributed by atoms with E-state index in [1.165, 1.54) is 11.3 Å². The van der Waals surface area contributed by atoms with E-state index in [9.17, 15) is 9.90 Å². The predicted octanol–water partition coefficient (Wildman–Crippen LogP) is 2.55. The third-order valence-corrected chi connectivity index (χ3v) is 5.12. The zero-order chi connectivity index (χ0) is 16.2. The van der Waals surface area contributed by atoms with Gasteiger partial charge in [-0.05, 0) is 6.07 Å². The maximum absolute atomic E-state index is 12.0. The molecule has 1 saturated heterocycles. The monoisotopic (exact) mass is 423 g/mol. The van der Waals surface area contributed by atoms with Gasteiger partial charge in [-0.3, -0.25) is 4.79 Å². The van der Waals surface area contributed by atoms with E-state index in [-0.39, 0.29) is 49.2 Å². The van der Waals surface area contributed by atoms with Gasteiger partial charge in [0.25, 0.3) is 0 Å². The number of halogens is 3. The highest BCUT2D eigenvalue weighted by molar-refractivity contribution is 7.13. The molecule has 3 N–H and O–H groups in total. The molecule has 3 rings (SSSR count). The first-order valence-corrected chi connectivity index (χ1v) is 8.74. The number of carbonyl (C=O) groups excluding carboxylic acids is 1. The average molecular weight is 425 g/mol. The Bertz CT molecular complexity index is 699. The van der Waals surface area contributed by atoms with Crippen LogP contribution in [0.3, 0.4) is 0 Å². The number of hydrogen-bond donors (Lipinski definition) is 3. The van der Waals surface area contributed by atoms with Gasteiger partial charge >= 0.3 is 0 Å². The maximum Gasteiger partial charge on any atom is 0.226 e. The Hall–Kier alpha value is -0.890. The zero-order valence-electron chi connectivity index (χ0n) is 13.3. The Kier molecular flexibility index (Phi) is 9.13. The minimum atomic E-state index is -0.388. The number of β-amino-alcohol motifs (C(OH)–C–C–N with tert-alkyl or cyclic N) is 1. The molecule has 2 heterocycles. The quantitative estimate of drug-likeness (QED) is 0.689. The second kappa shape index (κ2) is 10.3. The van der Waals surface area contributed by atoms with Crippen LogP contribution in [0.4, 0.5) is 0 Å². The Morgan fingerprint density at radius 2 is 2.12 bits per heavy atom. The van der Waals surface area contributed by atoms with Crippen LogP contribution in [0.2, 0.25) is 5.02 Å². The number of benzene rings is 1. The fourth-order valence-electron chi connectivity index (χ4n) is 2.55. The van der Waals surface area contributed by atoms with Crippen molar-refractivity contribution in [1.29, 1.82) is 0 Å². The van der Waals surface area contributed by atoms with Crippen molar-refractivity contribution in [3.8, 4) is 10.6 Å². The van der Waals surface area contributed by atoms with Gasteiger partial charge in [0.1, 0.15) is 5.01 Å². The summed E-state index contributed by atoms with van der Waals surface area (Å²) >= 11 is 7.64. The van der Waals surface area contributed by atoms with E-state index in [1.54, 1.807) is 0 Å². The second-order valence-electron chi connectivity index (χ2n) is 5.59. The van der Waals surface area contributed by atoms with Crippen molar-refractivity contribution < 1.29 is 9.90 Å². The van der Waals surface area contributed by atoms with E-state index < -0.39 is 0 Å². The average Bonchev–Trinajstić information content (AvgIpc) is 3.15. The first-order valence-electron chi connectivity index (χ1n) is 7.48. The van der Waals surface area contributed by atoms with Crippen LogP contribution in [0.5, 0.6) is 0 Å². The SMILES string of the molecule is Cl.Cl.O=C(Cc1csc(-c2ccccc2Cl)n1)NCC1CNCC1O. The van der Waals surface area contributed by atoms with E-state index in [0.29, 0.717) is 18.1 Å². The highest BCUT2D eigenvalue weighted by Gasteiger charge is 2.25. The molecule has 1 aliphatic rings. The van der Waals surface area contributed by atoms with E-state index >= 15 is 0 Å². The van der Waals surface area contributed by atoms with Crippen molar-refractivity contribution >= 4 is 53.7 Å². The molecule has 0 radical (unpaired) electrons. The summed E-state index contributed by atoms with van der Waals surface area (Å²) in [5, 5.41) is 19.0. The zero-order valence-corrected chi connectivity index (χ0v) is 16.5. The van der Waals surface area contributed by atoms with E-state index in [2.05, 4.69) is 15.6 Å². The van der Waals surface area contributed by atoms with Crippen LogP contribution in [-0.4, -0.2) is 41.7 Å². The molecule has 0 spiro atoms.